The molecule has 0 unspecified atom stereocenters. The number of nitrogens with zero attached hydrogens (tertiary/aromatic N) is 2. The third kappa shape index (κ3) is 2.81. The van der Waals surface area contributed by atoms with Crippen molar-refractivity contribution in [1.29, 1.82) is 0 Å². The average molecular weight is 355 g/mol. The first-order chi connectivity index (χ1) is 12.5. The molecule has 3 rings (SSSR count). The summed E-state index contributed by atoms with van der Waals surface area (Å²) in [6.45, 7) is 0. The first-order valence-electron chi connectivity index (χ1n) is 8.18. The van der Waals surface area contributed by atoms with Crippen LogP contribution in [0.2, 0.25) is 0 Å². The van der Waals surface area contributed by atoms with E-state index in [-0.39, 0.29) is 18.1 Å². The highest BCUT2D eigenvalue weighted by Gasteiger charge is 2.19. The number of aryl methyl sites for hydroxylation is 1. The number of hydrogen-bond donors (Lipinski definition) is 1. The van der Waals surface area contributed by atoms with Crippen LogP contribution in [-0.4, -0.2) is 29.3 Å². The Labute approximate surface area is 150 Å². The number of carbonyl (C=O) groups excluding carboxylic acids is 1. The van der Waals surface area contributed by atoms with Crippen molar-refractivity contribution < 1.29 is 14.3 Å². The van der Waals surface area contributed by atoms with Gasteiger partial charge in [-0.1, -0.05) is 12.1 Å². The minimum atomic E-state index is -0.331. The molecule has 2 N–H and O–H groups in total. The standard InChI is InChI=1S/C19H21N3O4/c1-21-15-8-5-9-16(25-2)18(15)22(19(21)24)14-7-4-6-13(20)12(14)10-11-17(23)26-3/h4-9H,10-11,20H2,1-3H3. The molecule has 2 aromatic carbocycles. The zero-order valence-corrected chi connectivity index (χ0v) is 15.0. The van der Waals surface area contributed by atoms with Crippen LogP contribution in [0.5, 0.6) is 5.75 Å². The fraction of sp³-hybridized carbons (Fsp3) is 0.263. The Hall–Kier alpha value is -3.22. The lowest BCUT2D eigenvalue weighted by Crippen LogP contribution is -2.22. The van der Waals surface area contributed by atoms with Crippen LogP contribution < -0.4 is 16.2 Å². The first kappa shape index (κ1) is 17.6. The SMILES string of the molecule is COC(=O)CCc1c(N)cccc1-n1c(=O)n(C)c2cccc(OC)c21. The average Bonchev–Trinajstić information content (AvgIpc) is 2.91. The largest absolute Gasteiger partial charge is 0.494 e. The number of rotatable bonds is 5. The molecule has 0 fully saturated rings. The second kappa shape index (κ2) is 6.95. The molecule has 0 saturated heterocycles. The summed E-state index contributed by atoms with van der Waals surface area (Å²) in [4.78, 5) is 24.5. The summed E-state index contributed by atoms with van der Waals surface area (Å²) in [6, 6.07) is 10.9. The van der Waals surface area contributed by atoms with Crippen LogP contribution >= 0.6 is 0 Å². The van der Waals surface area contributed by atoms with Crippen molar-refractivity contribution in [2.24, 2.45) is 7.05 Å². The lowest BCUT2D eigenvalue weighted by molar-refractivity contribution is -0.140. The molecule has 1 heterocycles. The molecule has 0 amide bonds. The van der Waals surface area contributed by atoms with E-state index in [1.807, 2.05) is 18.2 Å². The van der Waals surface area contributed by atoms with Gasteiger partial charge in [0.15, 0.2) is 0 Å². The number of aromatic nitrogens is 2. The maximum atomic E-state index is 13.0. The zero-order chi connectivity index (χ0) is 18.8. The molecule has 0 radical (unpaired) electrons. The highest BCUT2D eigenvalue weighted by molar-refractivity contribution is 5.85. The zero-order valence-electron chi connectivity index (χ0n) is 15.0. The van der Waals surface area contributed by atoms with Gasteiger partial charge in [0.25, 0.3) is 0 Å². The van der Waals surface area contributed by atoms with Crippen LogP contribution in [0, 0.1) is 0 Å². The summed E-state index contributed by atoms with van der Waals surface area (Å²) in [5.74, 6) is 0.253. The minimum absolute atomic E-state index is 0.175. The number of hydrogen-bond acceptors (Lipinski definition) is 5. The Kier molecular flexibility index (Phi) is 4.71. The van der Waals surface area contributed by atoms with E-state index in [1.165, 1.54) is 7.11 Å². The predicted octanol–water partition coefficient (Wildman–Crippen LogP) is 2.03. The van der Waals surface area contributed by atoms with Gasteiger partial charge in [0.2, 0.25) is 0 Å². The minimum Gasteiger partial charge on any atom is -0.494 e. The molecule has 0 aliphatic rings. The van der Waals surface area contributed by atoms with Crippen molar-refractivity contribution in [2.75, 3.05) is 20.0 Å². The summed E-state index contributed by atoms with van der Waals surface area (Å²) < 4.78 is 13.3. The fourth-order valence-electron chi connectivity index (χ4n) is 3.15. The van der Waals surface area contributed by atoms with E-state index < -0.39 is 0 Å². The van der Waals surface area contributed by atoms with Gasteiger partial charge in [-0.05, 0) is 36.2 Å². The van der Waals surface area contributed by atoms with E-state index in [2.05, 4.69) is 0 Å². The Balaban J connectivity index is 2.28. The second-order valence-electron chi connectivity index (χ2n) is 5.93. The molecule has 0 spiro atoms. The van der Waals surface area contributed by atoms with Crippen LogP contribution in [-0.2, 0) is 23.0 Å². The highest BCUT2D eigenvalue weighted by Crippen LogP contribution is 2.30. The lowest BCUT2D eigenvalue weighted by Gasteiger charge is -2.14. The van der Waals surface area contributed by atoms with E-state index in [9.17, 15) is 9.59 Å². The number of anilines is 1. The smallest absolute Gasteiger partial charge is 0.333 e. The van der Waals surface area contributed by atoms with E-state index >= 15 is 0 Å². The number of methoxy groups -OCH3 is 2. The van der Waals surface area contributed by atoms with Crippen molar-refractivity contribution >= 4 is 22.7 Å². The fourth-order valence-corrected chi connectivity index (χ4v) is 3.15. The molecule has 7 nitrogen and oxygen atoms in total. The second-order valence-corrected chi connectivity index (χ2v) is 5.93. The van der Waals surface area contributed by atoms with Gasteiger partial charge < -0.3 is 15.2 Å². The molecule has 136 valence electrons. The normalized spacial score (nSPS) is 10.9. The maximum Gasteiger partial charge on any atom is 0.333 e. The molecule has 3 aromatic rings. The maximum absolute atomic E-state index is 13.0. The Bertz CT molecular complexity index is 1030. The molecule has 1 aromatic heterocycles. The quantitative estimate of drug-likeness (QED) is 0.559. The topological polar surface area (TPSA) is 88.5 Å². The summed E-state index contributed by atoms with van der Waals surface area (Å²) in [6.07, 6.45) is 0.543. The van der Waals surface area contributed by atoms with E-state index in [0.29, 0.717) is 29.1 Å². The summed E-state index contributed by atoms with van der Waals surface area (Å²) in [7, 11) is 4.62. The van der Waals surface area contributed by atoms with Crippen molar-refractivity contribution in [3.05, 3.63) is 52.4 Å². The van der Waals surface area contributed by atoms with Crippen LogP contribution in [0.25, 0.3) is 16.7 Å². The molecule has 7 heteroatoms. The number of fused-ring (bicyclic) bond motifs is 1. The van der Waals surface area contributed by atoms with Gasteiger partial charge in [0, 0.05) is 19.2 Å². The number of ether oxygens (including phenoxy) is 2. The number of nitrogen functional groups attached to an aromatic ring is 1. The Morgan fingerprint density at radius 2 is 1.88 bits per heavy atom. The van der Waals surface area contributed by atoms with Gasteiger partial charge in [-0.25, -0.2) is 4.79 Å². The molecule has 26 heavy (non-hydrogen) atoms. The van der Waals surface area contributed by atoms with E-state index in [1.54, 1.807) is 41.5 Å². The van der Waals surface area contributed by atoms with Gasteiger partial charge in [-0.3, -0.25) is 13.9 Å². The lowest BCUT2D eigenvalue weighted by atomic mass is 10.0. The molecule has 0 bridgehead atoms. The van der Waals surface area contributed by atoms with Crippen LogP contribution in [0.15, 0.2) is 41.2 Å². The van der Waals surface area contributed by atoms with Crippen LogP contribution in [0.3, 0.4) is 0 Å². The number of esters is 1. The molecular weight excluding hydrogens is 334 g/mol. The highest BCUT2D eigenvalue weighted by atomic mass is 16.5. The van der Waals surface area contributed by atoms with Crippen molar-refractivity contribution in [1.82, 2.24) is 9.13 Å². The third-order valence-corrected chi connectivity index (χ3v) is 4.50. The van der Waals surface area contributed by atoms with Crippen molar-refractivity contribution in [3.8, 4) is 11.4 Å². The first-order valence-corrected chi connectivity index (χ1v) is 8.18. The Morgan fingerprint density at radius 1 is 1.15 bits per heavy atom. The predicted molar refractivity (Wildman–Crippen MR) is 99.8 cm³/mol. The number of para-hydroxylation sites is 1. The summed E-state index contributed by atoms with van der Waals surface area (Å²) >= 11 is 0. The Morgan fingerprint density at radius 3 is 2.58 bits per heavy atom. The van der Waals surface area contributed by atoms with Gasteiger partial charge in [-0.15, -0.1) is 0 Å². The van der Waals surface area contributed by atoms with E-state index in [0.717, 1.165) is 11.1 Å². The molecular formula is C19H21N3O4. The summed E-state index contributed by atoms with van der Waals surface area (Å²) in [5.41, 5.74) is 9.22. The van der Waals surface area contributed by atoms with Gasteiger partial charge in [0.05, 0.1) is 25.4 Å². The molecule has 0 aliphatic heterocycles. The van der Waals surface area contributed by atoms with Gasteiger partial charge >= 0.3 is 11.7 Å². The monoisotopic (exact) mass is 355 g/mol. The molecule has 0 saturated carbocycles. The van der Waals surface area contributed by atoms with Crippen LogP contribution in [0.4, 0.5) is 5.69 Å². The van der Waals surface area contributed by atoms with Gasteiger partial charge in [-0.2, -0.15) is 0 Å². The third-order valence-electron chi connectivity index (χ3n) is 4.50. The van der Waals surface area contributed by atoms with E-state index in [4.69, 9.17) is 15.2 Å². The number of nitrogens with two attached hydrogens (primary N) is 1. The number of benzene rings is 2. The summed E-state index contributed by atoms with van der Waals surface area (Å²) in [5, 5.41) is 0. The van der Waals surface area contributed by atoms with Crippen molar-refractivity contribution in [3.63, 3.8) is 0 Å². The molecule has 0 aliphatic carbocycles. The number of imidazole rings is 1. The van der Waals surface area contributed by atoms with Gasteiger partial charge in [0.1, 0.15) is 11.3 Å². The number of carbonyl (C=O) groups is 1. The molecule has 0 atom stereocenters. The van der Waals surface area contributed by atoms with Crippen molar-refractivity contribution in [2.45, 2.75) is 12.8 Å². The van der Waals surface area contributed by atoms with Crippen LogP contribution in [0.1, 0.15) is 12.0 Å².